The first-order valence-corrected chi connectivity index (χ1v) is 6.48. The van der Waals surface area contributed by atoms with Crippen LogP contribution in [0.25, 0.3) is 0 Å². The van der Waals surface area contributed by atoms with Gasteiger partial charge in [0.1, 0.15) is 0 Å². The van der Waals surface area contributed by atoms with E-state index in [1.807, 2.05) is 19.1 Å². The van der Waals surface area contributed by atoms with Gasteiger partial charge >= 0.3 is 0 Å². The second kappa shape index (κ2) is 6.36. The van der Waals surface area contributed by atoms with Crippen LogP contribution in [0.1, 0.15) is 18.2 Å². The van der Waals surface area contributed by atoms with Crippen molar-refractivity contribution in [1.29, 1.82) is 0 Å². The van der Waals surface area contributed by atoms with Gasteiger partial charge in [0.2, 0.25) is 5.91 Å². The molecule has 5 heteroatoms. The van der Waals surface area contributed by atoms with Crippen molar-refractivity contribution < 1.29 is 4.79 Å². The van der Waals surface area contributed by atoms with E-state index in [0.29, 0.717) is 25.4 Å². The number of carbonyl (C=O) groups excluding carboxylic acids is 1. The highest BCUT2D eigenvalue weighted by Crippen LogP contribution is 2.22. The van der Waals surface area contributed by atoms with Gasteiger partial charge in [-0.2, -0.15) is 0 Å². The van der Waals surface area contributed by atoms with Crippen LogP contribution in [0.15, 0.2) is 12.1 Å². The van der Waals surface area contributed by atoms with E-state index in [9.17, 15) is 4.79 Å². The average molecular weight is 266 g/mol. The Morgan fingerprint density at radius 2 is 2.27 bits per heavy atom. The highest BCUT2D eigenvalue weighted by molar-refractivity contribution is 7.16. The summed E-state index contributed by atoms with van der Waals surface area (Å²) in [6.07, 6.45) is 0.397. The number of hydrogen-bond acceptors (Lipinski definition) is 2. The topological polar surface area (TPSA) is 20.3 Å². The third kappa shape index (κ3) is 4.01. The van der Waals surface area contributed by atoms with Gasteiger partial charge in [0.15, 0.2) is 0 Å². The lowest BCUT2D eigenvalue weighted by atomic mass is 10.3. The zero-order chi connectivity index (χ0) is 11.3. The van der Waals surface area contributed by atoms with E-state index in [4.69, 9.17) is 23.2 Å². The molecule has 0 aromatic carbocycles. The van der Waals surface area contributed by atoms with Gasteiger partial charge in [-0.3, -0.25) is 4.79 Å². The molecule has 1 rings (SSSR count). The molecule has 0 aliphatic carbocycles. The number of thiophene rings is 1. The van der Waals surface area contributed by atoms with E-state index in [-0.39, 0.29) is 5.91 Å². The summed E-state index contributed by atoms with van der Waals surface area (Å²) in [5.41, 5.74) is 0. The number of amides is 1. The Balaban J connectivity index is 2.57. The van der Waals surface area contributed by atoms with Crippen LogP contribution in [0.3, 0.4) is 0 Å². The highest BCUT2D eigenvalue weighted by Gasteiger charge is 2.12. The fourth-order valence-corrected chi connectivity index (χ4v) is 2.51. The Bertz CT molecular complexity index is 327. The van der Waals surface area contributed by atoms with Crippen LogP contribution in [0.4, 0.5) is 0 Å². The van der Waals surface area contributed by atoms with E-state index < -0.39 is 0 Å². The molecule has 0 radical (unpaired) electrons. The van der Waals surface area contributed by atoms with Crippen molar-refractivity contribution in [3.05, 3.63) is 21.3 Å². The van der Waals surface area contributed by atoms with E-state index in [1.165, 1.54) is 11.3 Å². The molecular formula is C10H13Cl2NOS. The lowest BCUT2D eigenvalue weighted by Gasteiger charge is -2.19. The minimum Gasteiger partial charge on any atom is -0.338 e. The van der Waals surface area contributed by atoms with E-state index in [1.54, 1.807) is 4.90 Å². The monoisotopic (exact) mass is 265 g/mol. The predicted octanol–water partition coefficient (Wildman–Crippen LogP) is 3.38. The zero-order valence-corrected chi connectivity index (χ0v) is 10.8. The van der Waals surface area contributed by atoms with Gasteiger partial charge in [0.05, 0.1) is 10.9 Å². The molecule has 1 aromatic rings. The molecule has 0 N–H and O–H groups in total. The summed E-state index contributed by atoms with van der Waals surface area (Å²) in [5, 5.41) is 0. The Morgan fingerprint density at radius 3 is 2.73 bits per heavy atom. The van der Waals surface area contributed by atoms with Gasteiger partial charge in [-0.05, 0) is 19.1 Å². The number of carbonyl (C=O) groups is 1. The molecule has 0 spiro atoms. The molecule has 0 aliphatic rings. The summed E-state index contributed by atoms with van der Waals surface area (Å²) in [5.74, 6) is 0.470. The quantitative estimate of drug-likeness (QED) is 0.748. The highest BCUT2D eigenvalue weighted by atomic mass is 35.5. The van der Waals surface area contributed by atoms with Crippen molar-refractivity contribution in [1.82, 2.24) is 4.90 Å². The molecule has 15 heavy (non-hydrogen) atoms. The van der Waals surface area contributed by atoms with Gasteiger partial charge in [-0.25, -0.2) is 0 Å². The molecule has 1 amide bonds. The van der Waals surface area contributed by atoms with Gasteiger partial charge in [0, 0.05) is 23.7 Å². The standard InChI is InChI=1S/C10H13Cl2NOS/c1-2-13(10(14)5-6-11)7-8-3-4-9(12)15-8/h3-4H,2,5-7H2,1H3. The Labute approximate surface area is 104 Å². The normalized spacial score (nSPS) is 10.3. The number of nitrogens with zero attached hydrogens (tertiary/aromatic N) is 1. The van der Waals surface area contributed by atoms with Crippen molar-refractivity contribution in [2.75, 3.05) is 12.4 Å². The minimum absolute atomic E-state index is 0.0945. The molecule has 0 fully saturated rings. The molecule has 0 atom stereocenters. The van der Waals surface area contributed by atoms with Crippen LogP contribution in [0.2, 0.25) is 4.34 Å². The summed E-state index contributed by atoms with van der Waals surface area (Å²) < 4.78 is 0.755. The number of hydrogen-bond donors (Lipinski definition) is 0. The Morgan fingerprint density at radius 1 is 1.53 bits per heavy atom. The largest absolute Gasteiger partial charge is 0.338 e. The smallest absolute Gasteiger partial charge is 0.224 e. The van der Waals surface area contributed by atoms with Crippen molar-refractivity contribution in [2.45, 2.75) is 19.9 Å². The molecule has 0 saturated carbocycles. The third-order valence-electron chi connectivity index (χ3n) is 2.02. The average Bonchev–Trinajstić information content (AvgIpc) is 2.61. The van der Waals surface area contributed by atoms with Crippen LogP contribution in [-0.2, 0) is 11.3 Å². The SMILES string of the molecule is CCN(Cc1ccc(Cl)s1)C(=O)CCCl. The predicted molar refractivity (Wildman–Crippen MR) is 65.8 cm³/mol. The third-order valence-corrected chi connectivity index (χ3v) is 3.42. The maximum absolute atomic E-state index is 11.6. The van der Waals surface area contributed by atoms with Crippen LogP contribution in [0.5, 0.6) is 0 Å². The minimum atomic E-state index is 0.0945. The van der Waals surface area contributed by atoms with Crippen molar-refractivity contribution in [3.8, 4) is 0 Å². The van der Waals surface area contributed by atoms with Gasteiger partial charge in [0.25, 0.3) is 0 Å². The van der Waals surface area contributed by atoms with Gasteiger partial charge in [-0.1, -0.05) is 11.6 Å². The van der Waals surface area contributed by atoms with Crippen molar-refractivity contribution in [2.24, 2.45) is 0 Å². The van der Waals surface area contributed by atoms with E-state index >= 15 is 0 Å². The first kappa shape index (κ1) is 12.8. The molecule has 0 unspecified atom stereocenters. The Hall–Kier alpha value is -0.250. The number of halogens is 2. The molecule has 1 aromatic heterocycles. The molecule has 0 bridgehead atoms. The summed E-state index contributed by atoms with van der Waals surface area (Å²) in [6.45, 7) is 3.29. The lowest BCUT2D eigenvalue weighted by Crippen LogP contribution is -2.29. The van der Waals surface area contributed by atoms with Crippen LogP contribution in [-0.4, -0.2) is 23.2 Å². The van der Waals surface area contributed by atoms with Crippen LogP contribution in [0, 0.1) is 0 Å². The number of alkyl halides is 1. The van der Waals surface area contributed by atoms with Crippen molar-refractivity contribution >= 4 is 40.4 Å². The second-order valence-corrected chi connectivity index (χ2v) is 5.23. The van der Waals surface area contributed by atoms with Gasteiger partial charge in [-0.15, -0.1) is 22.9 Å². The Kier molecular flexibility index (Phi) is 5.43. The summed E-state index contributed by atoms with van der Waals surface area (Å²) in [6, 6.07) is 3.80. The van der Waals surface area contributed by atoms with Crippen LogP contribution < -0.4 is 0 Å². The van der Waals surface area contributed by atoms with Crippen LogP contribution >= 0.6 is 34.5 Å². The fraction of sp³-hybridized carbons (Fsp3) is 0.500. The second-order valence-electron chi connectivity index (χ2n) is 3.05. The maximum atomic E-state index is 11.6. The summed E-state index contributed by atoms with van der Waals surface area (Å²) in [7, 11) is 0. The van der Waals surface area contributed by atoms with E-state index in [0.717, 1.165) is 9.21 Å². The summed E-state index contributed by atoms with van der Waals surface area (Å²) in [4.78, 5) is 14.5. The first-order valence-electron chi connectivity index (χ1n) is 4.75. The fourth-order valence-electron chi connectivity index (χ4n) is 1.24. The first-order chi connectivity index (χ1) is 7.17. The molecule has 84 valence electrons. The maximum Gasteiger partial charge on any atom is 0.224 e. The molecule has 1 heterocycles. The molecule has 0 aliphatic heterocycles. The molecule has 2 nitrogen and oxygen atoms in total. The number of rotatable bonds is 5. The molecule has 0 saturated heterocycles. The molecular weight excluding hydrogens is 253 g/mol. The van der Waals surface area contributed by atoms with E-state index in [2.05, 4.69) is 0 Å². The van der Waals surface area contributed by atoms with Gasteiger partial charge < -0.3 is 4.90 Å². The zero-order valence-electron chi connectivity index (χ0n) is 8.50. The lowest BCUT2D eigenvalue weighted by molar-refractivity contribution is -0.131. The van der Waals surface area contributed by atoms with Crippen molar-refractivity contribution in [3.63, 3.8) is 0 Å². The summed E-state index contributed by atoms with van der Waals surface area (Å²) >= 11 is 12.9.